The van der Waals surface area contributed by atoms with E-state index in [0.717, 1.165) is 0 Å². The maximum atomic E-state index is 13.8. The molecule has 0 saturated carbocycles. The number of ether oxygens (including phenoxy) is 1. The molecule has 3 unspecified atom stereocenters. The summed E-state index contributed by atoms with van der Waals surface area (Å²) < 4.78 is 57.8. The fourth-order valence-electron chi connectivity index (χ4n) is 2.32. The Hall–Kier alpha value is -1.40. The van der Waals surface area contributed by atoms with E-state index in [1.165, 1.54) is 37.3 Å². The first-order valence-corrected chi connectivity index (χ1v) is 6.55. The molecule has 0 aromatic carbocycles. The van der Waals surface area contributed by atoms with Gasteiger partial charge in [0.25, 0.3) is 0 Å². The third kappa shape index (κ3) is 3.83. The second-order valence-corrected chi connectivity index (χ2v) is 5.06. The minimum Gasteiger partial charge on any atom is -0.392 e. The first-order chi connectivity index (χ1) is 9.81. The lowest BCUT2D eigenvalue weighted by Crippen LogP contribution is -2.31. The molecule has 2 aliphatic carbocycles. The summed E-state index contributed by atoms with van der Waals surface area (Å²) in [6, 6.07) is 0. The molecule has 0 aliphatic heterocycles. The van der Waals surface area contributed by atoms with Gasteiger partial charge in [0, 0.05) is 12.0 Å². The van der Waals surface area contributed by atoms with Crippen molar-refractivity contribution in [1.29, 1.82) is 0 Å². The number of hydrogen-bond donors (Lipinski definition) is 1. The minimum atomic E-state index is -4.40. The molecule has 2 rings (SSSR count). The average molecular weight is 304 g/mol. The molecule has 1 N–H and O–H groups in total. The molecule has 0 saturated heterocycles. The molecule has 0 radical (unpaired) electrons. The Labute approximate surface area is 120 Å². The highest BCUT2D eigenvalue weighted by Gasteiger charge is 2.38. The van der Waals surface area contributed by atoms with Gasteiger partial charge in [-0.25, -0.2) is 4.39 Å². The van der Waals surface area contributed by atoms with Crippen LogP contribution in [0, 0.1) is 0 Å². The van der Waals surface area contributed by atoms with Crippen molar-refractivity contribution in [2.45, 2.75) is 37.9 Å². The number of aliphatic hydroxyl groups excluding tert-OH is 1. The highest BCUT2D eigenvalue weighted by Crippen LogP contribution is 2.36. The Morgan fingerprint density at radius 1 is 1.29 bits per heavy atom. The zero-order chi connectivity index (χ0) is 15.6. The van der Waals surface area contributed by atoms with E-state index in [9.17, 15) is 17.6 Å². The summed E-state index contributed by atoms with van der Waals surface area (Å²) in [6.45, 7) is 1.11. The number of allylic oxidation sites excluding steroid dienone is 2. The normalized spacial score (nSPS) is 29.8. The highest BCUT2D eigenvalue weighted by atomic mass is 19.4. The Bertz CT molecular complexity index is 514. The predicted molar refractivity (Wildman–Crippen MR) is 70.4 cm³/mol. The Morgan fingerprint density at radius 3 is 2.57 bits per heavy atom. The zero-order valence-corrected chi connectivity index (χ0v) is 11.4. The number of aliphatic hydroxyl groups is 1. The summed E-state index contributed by atoms with van der Waals surface area (Å²) in [5.74, 6) is 0. The highest BCUT2D eigenvalue weighted by molar-refractivity contribution is 5.33. The van der Waals surface area contributed by atoms with Gasteiger partial charge in [0.15, 0.2) is 0 Å². The maximum absolute atomic E-state index is 13.8. The van der Waals surface area contributed by atoms with E-state index in [-0.39, 0.29) is 18.6 Å². The molecule has 0 bridgehead atoms. The molecule has 0 fully saturated rings. The summed E-state index contributed by atoms with van der Waals surface area (Å²) >= 11 is 0. The molecular formula is C15H16F4O2. The molecule has 0 amide bonds. The van der Waals surface area contributed by atoms with E-state index in [1.54, 1.807) is 0 Å². The minimum absolute atomic E-state index is 0.154. The molecule has 21 heavy (non-hydrogen) atoms. The van der Waals surface area contributed by atoms with Crippen molar-refractivity contribution in [3.05, 3.63) is 47.1 Å². The Kier molecular flexibility index (Phi) is 4.68. The molecular weight excluding hydrogens is 288 g/mol. The van der Waals surface area contributed by atoms with E-state index in [4.69, 9.17) is 9.84 Å². The smallest absolute Gasteiger partial charge is 0.392 e. The van der Waals surface area contributed by atoms with Crippen LogP contribution >= 0.6 is 0 Å². The second kappa shape index (κ2) is 6.15. The maximum Gasteiger partial charge on any atom is 0.413 e. The number of rotatable bonds is 3. The van der Waals surface area contributed by atoms with Gasteiger partial charge in [-0.1, -0.05) is 24.3 Å². The molecule has 0 aromatic rings. The number of alkyl halides is 4. The van der Waals surface area contributed by atoms with E-state index in [2.05, 4.69) is 0 Å². The fraction of sp³-hybridized carbons (Fsp3) is 0.467. The van der Waals surface area contributed by atoms with Crippen LogP contribution in [-0.2, 0) is 4.74 Å². The Morgan fingerprint density at radius 2 is 2.00 bits per heavy atom. The molecule has 2 nitrogen and oxygen atoms in total. The van der Waals surface area contributed by atoms with Crippen molar-refractivity contribution < 1.29 is 27.4 Å². The van der Waals surface area contributed by atoms with E-state index >= 15 is 0 Å². The van der Waals surface area contributed by atoms with Crippen molar-refractivity contribution in [2.75, 3.05) is 6.61 Å². The topological polar surface area (TPSA) is 29.5 Å². The quantitative estimate of drug-likeness (QED) is 0.810. The summed E-state index contributed by atoms with van der Waals surface area (Å²) in [7, 11) is 0. The van der Waals surface area contributed by atoms with E-state index in [1.807, 2.05) is 0 Å². The van der Waals surface area contributed by atoms with Crippen LogP contribution in [0.4, 0.5) is 17.6 Å². The van der Waals surface area contributed by atoms with Gasteiger partial charge in [0.2, 0.25) is 0 Å². The van der Waals surface area contributed by atoms with Crippen molar-refractivity contribution in [3.63, 3.8) is 0 Å². The first kappa shape index (κ1) is 16.0. The summed E-state index contributed by atoms with van der Waals surface area (Å²) in [4.78, 5) is 0. The fourth-order valence-corrected chi connectivity index (χ4v) is 2.32. The monoisotopic (exact) mass is 304 g/mol. The van der Waals surface area contributed by atoms with Crippen LogP contribution in [0.5, 0.6) is 0 Å². The first-order valence-electron chi connectivity index (χ1n) is 6.55. The third-order valence-corrected chi connectivity index (χ3v) is 3.49. The summed E-state index contributed by atoms with van der Waals surface area (Å²) in [5.41, 5.74) is -0.0640. The van der Waals surface area contributed by atoms with Crippen molar-refractivity contribution in [3.8, 4) is 0 Å². The zero-order valence-electron chi connectivity index (χ0n) is 11.4. The lowest BCUT2D eigenvalue weighted by molar-refractivity contribution is -0.100. The van der Waals surface area contributed by atoms with Gasteiger partial charge in [-0.15, -0.1) is 0 Å². The molecule has 116 valence electrons. The van der Waals surface area contributed by atoms with Gasteiger partial charge in [-0.2, -0.15) is 13.2 Å². The van der Waals surface area contributed by atoms with Gasteiger partial charge >= 0.3 is 6.18 Å². The third-order valence-electron chi connectivity index (χ3n) is 3.49. The molecule has 3 atom stereocenters. The largest absolute Gasteiger partial charge is 0.413 e. The lowest BCUT2D eigenvalue weighted by Gasteiger charge is -2.28. The molecule has 0 heterocycles. The van der Waals surface area contributed by atoms with Crippen LogP contribution in [0.25, 0.3) is 0 Å². The molecule has 0 aromatic heterocycles. The van der Waals surface area contributed by atoms with Crippen LogP contribution in [0.15, 0.2) is 47.1 Å². The van der Waals surface area contributed by atoms with E-state index in [0.29, 0.717) is 5.57 Å². The van der Waals surface area contributed by atoms with Crippen LogP contribution in [0.3, 0.4) is 0 Å². The van der Waals surface area contributed by atoms with Gasteiger partial charge in [0.1, 0.15) is 12.3 Å². The average Bonchev–Trinajstić information content (AvgIpc) is 2.41. The van der Waals surface area contributed by atoms with Gasteiger partial charge in [-0.3, -0.25) is 0 Å². The van der Waals surface area contributed by atoms with Crippen molar-refractivity contribution >= 4 is 0 Å². The standard InChI is InChI=1S/C15H16F4O2/c1-9-2-4-11(7-12(9)15(17,18)19)21-14-5-3-10(8-20)6-13(14)16/h2-6,11,13-14,20H,7-8H2,1H3. The molecule has 2 aliphatic rings. The van der Waals surface area contributed by atoms with E-state index < -0.39 is 30.1 Å². The lowest BCUT2D eigenvalue weighted by atomic mass is 9.95. The van der Waals surface area contributed by atoms with Crippen molar-refractivity contribution in [2.24, 2.45) is 0 Å². The SMILES string of the molecule is CC1=C(C(F)(F)F)CC(OC2C=CC(CO)=CC2F)C=C1. The van der Waals surface area contributed by atoms with Gasteiger partial charge < -0.3 is 9.84 Å². The second-order valence-electron chi connectivity index (χ2n) is 5.06. The van der Waals surface area contributed by atoms with Crippen molar-refractivity contribution in [1.82, 2.24) is 0 Å². The van der Waals surface area contributed by atoms with Crippen LogP contribution in [0.2, 0.25) is 0 Å². The van der Waals surface area contributed by atoms with Gasteiger partial charge in [-0.05, 0) is 24.1 Å². The summed E-state index contributed by atoms with van der Waals surface area (Å²) in [6.07, 6.45) is -0.957. The number of halogens is 4. The summed E-state index contributed by atoms with van der Waals surface area (Å²) in [5, 5.41) is 8.90. The number of hydrogen-bond acceptors (Lipinski definition) is 2. The molecule has 6 heteroatoms. The van der Waals surface area contributed by atoms with Crippen LogP contribution in [0.1, 0.15) is 13.3 Å². The van der Waals surface area contributed by atoms with Crippen LogP contribution < -0.4 is 0 Å². The predicted octanol–water partition coefficient (Wildman–Crippen LogP) is 3.41. The van der Waals surface area contributed by atoms with Gasteiger partial charge in [0.05, 0.1) is 12.7 Å². The molecule has 0 spiro atoms. The Balaban J connectivity index is 2.02. The van der Waals surface area contributed by atoms with Crippen LogP contribution in [-0.4, -0.2) is 36.3 Å².